The third-order valence-electron chi connectivity index (χ3n) is 6.23. The predicted octanol–water partition coefficient (Wildman–Crippen LogP) is 6.64. The molecule has 2 atom stereocenters. The van der Waals surface area contributed by atoms with Crippen molar-refractivity contribution in [1.29, 1.82) is 0 Å². The molecule has 33 heavy (non-hydrogen) atoms. The molecule has 0 radical (unpaired) electrons. The Hall–Kier alpha value is -3.90. The summed E-state index contributed by atoms with van der Waals surface area (Å²) in [6.07, 6.45) is 0.115. The van der Waals surface area contributed by atoms with Gasteiger partial charge in [-0.25, -0.2) is 5.01 Å². The average Bonchev–Trinajstić information content (AvgIpc) is 3.29. The van der Waals surface area contributed by atoms with E-state index in [0.29, 0.717) is 12.0 Å². The van der Waals surface area contributed by atoms with E-state index < -0.39 is 11.2 Å². The van der Waals surface area contributed by atoms with Crippen LogP contribution in [-0.2, 0) is 0 Å². The minimum Gasteiger partial charge on any atom is -0.464 e. The number of halogens is 1. The van der Waals surface area contributed by atoms with Gasteiger partial charge < -0.3 is 4.74 Å². The standard InChI is InChI=1S/C26H18ClN3O3/c27-21-12-11-19(14-24(21)30(31)32)26-29-23(20-7-3-4-8-25(20)33-26)15-22(28-29)18-10-9-16-5-1-2-6-17(16)13-18/h1-14,23,26H,15H2/t23-,26-/m1/s1. The number of para-hydroxylation sites is 1. The highest BCUT2D eigenvalue weighted by molar-refractivity contribution is 6.32. The Morgan fingerprint density at radius 3 is 2.61 bits per heavy atom. The van der Waals surface area contributed by atoms with E-state index in [2.05, 4.69) is 30.3 Å². The lowest BCUT2D eigenvalue weighted by Gasteiger charge is -2.38. The van der Waals surface area contributed by atoms with E-state index in [9.17, 15) is 10.1 Å². The quantitative estimate of drug-likeness (QED) is 0.256. The minimum atomic E-state index is -0.598. The van der Waals surface area contributed by atoms with E-state index in [0.717, 1.165) is 28.0 Å². The molecule has 6 nitrogen and oxygen atoms in total. The van der Waals surface area contributed by atoms with Crippen LogP contribution in [-0.4, -0.2) is 15.6 Å². The first kappa shape index (κ1) is 19.8. The first-order chi connectivity index (χ1) is 16.1. The lowest BCUT2D eigenvalue weighted by molar-refractivity contribution is -0.384. The number of benzene rings is 4. The van der Waals surface area contributed by atoms with Gasteiger partial charge in [-0.05, 0) is 34.5 Å². The molecule has 0 N–H and O–H groups in total. The number of ether oxygens (including phenoxy) is 1. The van der Waals surface area contributed by atoms with Crippen molar-refractivity contribution in [3.05, 3.63) is 117 Å². The Morgan fingerprint density at radius 1 is 0.970 bits per heavy atom. The summed E-state index contributed by atoms with van der Waals surface area (Å²) in [4.78, 5) is 11.0. The van der Waals surface area contributed by atoms with Crippen LogP contribution >= 0.6 is 11.6 Å². The van der Waals surface area contributed by atoms with Gasteiger partial charge >= 0.3 is 0 Å². The zero-order chi connectivity index (χ0) is 22.5. The topological polar surface area (TPSA) is 68.0 Å². The normalized spacial score (nSPS) is 18.9. The summed E-state index contributed by atoms with van der Waals surface area (Å²) in [5, 5.41) is 20.8. The van der Waals surface area contributed by atoms with Crippen LogP contribution in [0.25, 0.3) is 10.8 Å². The summed E-state index contributed by atoms with van der Waals surface area (Å²) in [6, 6.07) is 27.2. The van der Waals surface area contributed by atoms with Gasteiger partial charge in [0.25, 0.3) is 5.69 Å². The first-order valence-corrected chi connectivity index (χ1v) is 11.0. The SMILES string of the molecule is O=[N+]([O-])c1cc([C@H]2Oc3ccccc3[C@H]3CC(c4ccc5ccccc5c4)=NN32)ccc1Cl. The highest BCUT2D eigenvalue weighted by Gasteiger charge is 2.41. The smallest absolute Gasteiger partial charge is 0.288 e. The molecule has 0 amide bonds. The molecule has 7 heteroatoms. The zero-order valence-corrected chi connectivity index (χ0v) is 18.1. The number of hydrogen-bond donors (Lipinski definition) is 0. The first-order valence-electron chi connectivity index (χ1n) is 10.6. The molecule has 4 aromatic rings. The fraction of sp³-hybridized carbons (Fsp3) is 0.115. The largest absolute Gasteiger partial charge is 0.464 e. The van der Waals surface area contributed by atoms with Gasteiger partial charge in [0.1, 0.15) is 10.8 Å². The van der Waals surface area contributed by atoms with Crippen LogP contribution in [0.15, 0.2) is 90.0 Å². The molecule has 0 aromatic heterocycles. The molecule has 0 saturated heterocycles. The van der Waals surface area contributed by atoms with Gasteiger partial charge in [-0.1, -0.05) is 72.3 Å². The van der Waals surface area contributed by atoms with Crippen molar-refractivity contribution in [2.45, 2.75) is 18.7 Å². The summed E-state index contributed by atoms with van der Waals surface area (Å²) in [7, 11) is 0. The second-order valence-electron chi connectivity index (χ2n) is 8.18. The Kier molecular flexibility index (Phi) is 4.55. The van der Waals surface area contributed by atoms with Crippen molar-refractivity contribution in [1.82, 2.24) is 5.01 Å². The fourth-order valence-corrected chi connectivity index (χ4v) is 4.81. The molecule has 0 fully saturated rings. The molecule has 0 aliphatic carbocycles. The zero-order valence-electron chi connectivity index (χ0n) is 17.4. The third kappa shape index (κ3) is 3.31. The number of nitro benzene ring substituents is 1. The summed E-state index contributed by atoms with van der Waals surface area (Å²) in [5.74, 6) is 0.760. The fourth-order valence-electron chi connectivity index (χ4n) is 4.62. The molecule has 4 aromatic carbocycles. The van der Waals surface area contributed by atoms with E-state index in [-0.39, 0.29) is 16.8 Å². The number of hydrogen-bond acceptors (Lipinski definition) is 5. The Labute approximate surface area is 194 Å². The molecular formula is C26H18ClN3O3. The summed E-state index contributed by atoms with van der Waals surface area (Å²) in [6.45, 7) is 0. The molecule has 6 rings (SSSR count). The van der Waals surface area contributed by atoms with Crippen molar-refractivity contribution in [3.8, 4) is 5.75 Å². The van der Waals surface area contributed by atoms with Crippen molar-refractivity contribution < 1.29 is 9.66 Å². The second-order valence-corrected chi connectivity index (χ2v) is 8.59. The van der Waals surface area contributed by atoms with Crippen LogP contribution in [0.3, 0.4) is 0 Å². The van der Waals surface area contributed by atoms with Crippen molar-refractivity contribution >= 4 is 33.8 Å². The molecule has 2 aliphatic rings. The molecule has 0 saturated carbocycles. The molecule has 0 bridgehead atoms. The number of nitrogens with zero attached hydrogens (tertiary/aromatic N) is 3. The Bertz CT molecular complexity index is 1450. The van der Waals surface area contributed by atoms with Crippen molar-refractivity contribution in [2.75, 3.05) is 0 Å². The highest BCUT2D eigenvalue weighted by atomic mass is 35.5. The molecule has 2 heterocycles. The van der Waals surface area contributed by atoms with Gasteiger partial charge in [-0.15, -0.1) is 0 Å². The van der Waals surface area contributed by atoms with Crippen LogP contribution in [0.5, 0.6) is 5.75 Å². The van der Waals surface area contributed by atoms with Gasteiger partial charge in [-0.2, -0.15) is 5.10 Å². The van der Waals surface area contributed by atoms with E-state index >= 15 is 0 Å². The van der Waals surface area contributed by atoms with Crippen LogP contribution in [0.2, 0.25) is 5.02 Å². The monoisotopic (exact) mass is 455 g/mol. The maximum atomic E-state index is 11.5. The average molecular weight is 456 g/mol. The van der Waals surface area contributed by atoms with Crippen LogP contribution in [0.1, 0.15) is 35.4 Å². The molecule has 0 spiro atoms. The van der Waals surface area contributed by atoms with E-state index in [1.165, 1.54) is 17.5 Å². The van der Waals surface area contributed by atoms with Gasteiger partial charge in [0.2, 0.25) is 6.23 Å². The summed E-state index contributed by atoms with van der Waals surface area (Å²) in [5.41, 5.74) is 3.55. The van der Waals surface area contributed by atoms with Crippen LogP contribution in [0.4, 0.5) is 5.69 Å². The van der Waals surface area contributed by atoms with Crippen molar-refractivity contribution in [3.63, 3.8) is 0 Å². The van der Waals surface area contributed by atoms with Gasteiger partial charge in [0, 0.05) is 23.6 Å². The number of nitro groups is 1. The van der Waals surface area contributed by atoms with E-state index in [1.807, 2.05) is 41.4 Å². The minimum absolute atomic E-state index is 0.0313. The Balaban J connectivity index is 1.45. The molecule has 162 valence electrons. The van der Waals surface area contributed by atoms with Crippen LogP contribution < -0.4 is 4.74 Å². The number of rotatable bonds is 3. The summed E-state index contributed by atoms with van der Waals surface area (Å²) >= 11 is 6.05. The lowest BCUT2D eigenvalue weighted by atomic mass is 9.95. The lowest BCUT2D eigenvalue weighted by Crippen LogP contribution is -2.33. The maximum absolute atomic E-state index is 11.5. The predicted molar refractivity (Wildman–Crippen MR) is 128 cm³/mol. The maximum Gasteiger partial charge on any atom is 0.288 e. The van der Waals surface area contributed by atoms with Crippen molar-refractivity contribution in [2.24, 2.45) is 5.10 Å². The number of fused-ring (bicyclic) bond motifs is 4. The highest BCUT2D eigenvalue weighted by Crippen LogP contribution is 2.48. The number of hydrazone groups is 1. The molecule has 0 unspecified atom stereocenters. The van der Waals surface area contributed by atoms with Crippen LogP contribution in [0, 0.1) is 10.1 Å². The molecular weight excluding hydrogens is 438 g/mol. The van der Waals surface area contributed by atoms with Gasteiger partial charge in [-0.3, -0.25) is 10.1 Å². The summed E-state index contributed by atoms with van der Waals surface area (Å²) < 4.78 is 6.31. The van der Waals surface area contributed by atoms with Gasteiger partial charge in [0.05, 0.1) is 16.7 Å². The Morgan fingerprint density at radius 2 is 1.76 bits per heavy atom. The van der Waals surface area contributed by atoms with E-state index in [1.54, 1.807) is 6.07 Å². The third-order valence-corrected chi connectivity index (χ3v) is 6.55. The van der Waals surface area contributed by atoms with Gasteiger partial charge in [0.15, 0.2) is 0 Å². The molecule has 2 aliphatic heterocycles. The van der Waals surface area contributed by atoms with E-state index in [4.69, 9.17) is 21.4 Å². The second kappa shape index (κ2) is 7.60.